The predicted molar refractivity (Wildman–Crippen MR) is 113 cm³/mol. The summed E-state index contributed by atoms with van der Waals surface area (Å²) in [6, 6.07) is 21.4. The Kier molecular flexibility index (Phi) is 6.18. The molecule has 2 aromatic rings. The van der Waals surface area contributed by atoms with E-state index in [1.165, 1.54) is 11.1 Å². The van der Waals surface area contributed by atoms with E-state index >= 15 is 0 Å². The molecule has 144 valence electrons. The van der Waals surface area contributed by atoms with E-state index in [0.29, 0.717) is 6.42 Å². The second-order valence-corrected chi connectivity index (χ2v) is 8.25. The molecule has 1 heterocycles. The van der Waals surface area contributed by atoms with Gasteiger partial charge in [0.05, 0.1) is 5.60 Å². The fraction of sp³-hybridized carbons (Fsp3) is 0.440. The minimum absolute atomic E-state index is 0.0908. The van der Waals surface area contributed by atoms with Crippen molar-refractivity contribution in [3.05, 3.63) is 83.9 Å². The molecule has 1 fully saturated rings. The zero-order valence-corrected chi connectivity index (χ0v) is 16.9. The Morgan fingerprint density at radius 3 is 2.00 bits per heavy atom. The first-order chi connectivity index (χ1) is 13.0. The molecule has 5 atom stereocenters. The van der Waals surface area contributed by atoms with Gasteiger partial charge in [0.25, 0.3) is 0 Å². The molecule has 0 saturated carbocycles. The number of hydrogen-bond acceptors (Lipinski definition) is 2. The lowest BCUT2D eigenvalue weighted by Gasteiger charge is -2.53. The van der Waals surface area contributed by atoms with Crippen molar-refractivity contribution in [3.8, 4) is 0 Å². The van der Waals surface area contributed by atoms with Gasteiger partial charge in [0.2, 0.25) is 0 Å². The monoisotopic (exact) mass is 363 g/mol. The molecule has 1 saturated heterocycles. The highest BCUT2D eigenvalue weighted by molar-refractivity contribution is 5.28. The molecular weight excluding hydrogens is 330 g/mol. The lowest BCUT2D eigenvalue weighted by Crippen LogP contribution is -2.58. The van der Waals surface area contributed by atoms with Gasteiger partial charge in [0.1, 0.15) is 0 Å². The average molecular weight is 364 g/mol. The van der Waals surface area contributed by atoms with Crippen LogP contribution in [0.1, 0.15) is 63.2 Å². The van der Waals surface area contributed by atoms with Crippen molar-refractivity contribution in [1.29, 1.82) is 0 Å². The minimum Gasteiger partial charge on any atom is -0.389 e. The van der Waals surface area contributed by atoms with Crippen LogP contribution in [0, 0.1) is 11.8 Å². The van der Waals surface area contributed by atoms with Crippen LogP contribution < -0.4 is 5.32 Å². The molecule has 1 aliphatic heterocycles. The van der Waals surface area contributed by atoms with Crippen molar-refractivity contribution in [1.82, 2.24) is 5.32 Å². The number of nitrogens with one attached hydrogen (secondary N) is 1. The van der Waals surface area contributed by atoms with Crippen LogP contribution in [0.3, 0.4) is 0 Å². The maximum absolute atomic E-state index is 12.1. The average Bonchev–Trinajstić information content (AvgIpc) is 2.67. The van der Waals surface area contributed by atoms with Gasteiger partial charge in [0.15, 0.2) is 0 Å². The summed E-state index contributed by atoms with van der Waals surface area (Å²) in [5.41, 5.74) is 2.75. The second-order valence-electron chi connectivity index (χ2n) is 8.25. The van der Waals surface area contributed by atoms with Crippen LogP contribution in [0.15, 0.2) is 72.8 Å². The topological polar surface area (TPSA) is 32.3 Å². The normalized spacial score (nSPS) is 30.8. The molecular formula is C25H33NO. The summed E-state index contributed by atoms with van der Waals surface area (Å²) in [6.45, 7) is 10.6. The van der Waals surface area contributed by atoms with Gasteiger partial charge in [-0.05, 0) is 30.9 Å². The number of benzene rings is 2. The molecule has 0 spiro atoms. The minimum atomic E-state index is -0.784. The third-order valence-corrected chi connectivity index (χ3v) is 6.19. The third kappa shape index (κ3) is 4.02. The van der Waals surface area contributed by atoms with Gasteiger partial charge < -0.3 is 10.4 Å². The Bertz CT molecular complexity index is 741. The molecule has 3 rings (SSSR count). The number of rotatable bonds is 6. The molecule has 1 aliphatic rings. The second kappa shape index (κ2) is 8.41. The van der Waals surface area contributed by atoms with Gasteiger partial charge in [-0.25, -0.2) is 0 Å². The van der Waals surface area contributed by atoms with Crippen LogP contribution >= 0.6 is 0 Å². The summed E-state index contributed by atoms with van der Waals surface area (Å²) in [5, 5.41) is 16.0. The number of aliphatic hydroxyl groups is 1. The van der Waals surface area contributed by atoms with Crippen molar-refractivity contribution >= 4 is 0 Å². The van der Waals surface area contributed by atoms with Gasteiger partial charge in [-0.1, -0.05) is 86.5 Å². The third-order valence-electron chi connectivity index (χ3n) is 6.19. The quantitative estimate of drug-likeness (QED) is 0.634. The standard InChI is InChI=1S/C25H33NO/c1-5-12-22-24(21-15-10-7-11-16-21)26-23(20-13-8-6-9-14-20)19(4)25(22,27)17-18(2)3/h6-11,13-16,19,22-24,26-27H,2,5,12,17H2,1,3-4H3/t19-,22-,23-,24-,25+/m0/s1. The smallest absolute Gasteiger partial charge is 0.0774 e. The van der Waals surface area contributed by atoms with Crippen LogP contribution in [-0.2, 0) is 0 Å². The van der Waals surface area contributed by atoms with E-state index in [4.69, 9.17) is 0 Å². The summed E-state index contributed by atoms with van der Waals surface area (Å²) in [4.78, 5) is 0. The maximum atomic E-state index is 12.1. The van der Waals surface area contributed by atoms with Crippen molar-refractivity contribution in [2.24, 2.45) is 11.8 Å². The highest BCUT2D eigenvalue weighted by Gasteiger charge is 2.52. The van der Waals surface area contributed by atoms with Gasteiger partial charge in [-0.3, -0.25) is 0 Å². The van der Waals surface area contributed by atoms with E-state index in [9.17, 15) is 5.11 Å². The van der Waals surface area contributed by atoms with E-state index in [1.54, 1.807) is 0 Å². The summed E-state index contributed by atoms with van der Waals surface area (Å²) in [5.74, 6) is 0.240. The van der Waals surface area contributed by atoms with E-state index in [1.807, 2.05) is 13.0 Å². The summed E-state index contributed by atoms with van der Waals surface area (Å²) in [7, 11) is 0. The van der Waals surface area contributed by atoms with Crippen LogP contribution in [0.4, 0.5) is 0 Å². The predicted octanol–water partition coefficient (Wildman–Crippen LogP) is 5.82. The van der Waals surface area contributed by atoms with E-state index < -0.39 is 5.60 Å². The molecule has 0 amide bonds. The molecule has 0 aliphatic carbocycles. The number of hydrogen-bond donors (Lipinski definition) is 2. The zero-order valence-electron chi connectivity index (χ0n) is 16.9. The summed E-state index contributed by atoms with van der Waals surface area (Å²) < 4.78 is 0. The molecule has 27 heavy (non-hydrogen) atoms. The lowest BCUT2D eigenvalue weighted by molar-refractivity contribution is -0.119. The maximum Gasteiger partial charge on any atom is 0.0774 e. The van der Waals surface area contributed by atoms with Gasteiger partial charge in [0, 0.05) is 23.9 Å². The van der Waals surface area contributed by atoms with Crippen molar-refractivity contribution in [2.75, 3.05) is 0 Å². The summed E-state index contributed by atoms with van der Waals surface area (Å²) >= 11 is 0. The first-order valence-corrected chi connectivity index (χ1v) is 10.2. The largest absolute Gasteiger partial charge is 0.389 e. The van der Waals surface area contributed by atoms with Gasteiger partial charge >= 0.3 is 0 Å². The molecule has 2 nitrogen and oxygen atoms in total. The zero-order chi connectivity index (χ0) is 19.4. The van der Waals surface area contributed by atoms with Crippen molar-refractivity contribution in [2.45, 2.75) is 57.7 Å². The molecule has 2 N–H and O–H groups in total. The van der Waals surface area contributed by atoms with E-state index in [-0.39, 0.29) is 23.9 Å². The van der Waals surface area contributed by atoms with E-state index in [2.05, 4.69) is 80.3 Å². The SMILES string of the molecule is C=C(C)C[C@@]1(O)[C@@H](C)[C@@H](c2ccccc2)N[C@@H](c2ccccc2)[C@@H]1CCC. The Hall–Kier alpha value is -1.90. The van der Waals surface area contributed by atoms with Gasteiger partial charge in [-0.15, -0.1) is 6.58 Å². The first kappa shape index (κ1) is 19.9. The fourth-order valence-electron chi connectivity index (χ4n) is 4.91. The van der Waals surface area contributed by atoms with Crippen LogP contribution in [-0.4, -0.2) is 10.7 Å². The molecule has 2 aromatic carbocycles. The summed E-state index contributed by atoms with van der Waals surface area (Å²) in [6.07, 6.45) is 2.69. The van der Waals surface area contributed by atoms with E-state index in [0.717, 1.165) is 18.4 Å². The molecule has 2 heteroatoms. The highest BCUT2D eigenvalue weighted by atomic mass is 16.3. The molecule has 0 bridgehead atoms. The van der Waals surface area contributed by atoms with Crippen LogP contribution in [0.5, 0.6) is 0 Å². The highest BCUT2D eigenvalue weighted by Crippen LogP contribution is 2.50. The lowest BCUT2D eigenvalue weighted by atomic mass is 9.62. The van der Waals surface area contributed by atoms with Gasteiger partial charge in [-0.2, -0.15) is 0 Å². The first-order valence-electron chi connectivity index (χ1n) is 10.2. The van der Waals surface area contributed by atoms with Crippen LogP contribution in [0.25, 0.3) is 0 Å². The molecule has 0 unspecified atom stereocenters. The Morgan fingerprint density at radius 2 is 1.52 bits per heavy atom. The Labute approximate surface area is 164 Å². The van der Waals surface area contributed by atoms with Crippen molar-refractivity contribution in [3.63, 3.8) is 0 Å². The van der Waals surface area contributed by atoms with Crippen LogP contribution in [0.2, 0.25) is 0 Å². The molecule has 0 radical (unpaired) electrons. The molecule has 0 aromatic heterocycles. The Morgan fingerprint density at radius 1 is 1.00 bits per heavy atom. The Balaban J connectivity index is 2.09. The number of piperidine rings is 1. The van der Waals surface area contributed by atoms with Crippen molar-refractivity contribution < 1.29 is 5.11 Å². The fourth-order valence-corrected chi connectivity index (χ4v) is 4.91.